The van der Waals surface area contributed by atoms with Crippen LogP contribution in [0, 0.1) is 5.82 Å². The zero-order chi connectivity index (χ0) is 16.2. The van der Waals surface area contributed by atoms with Gasteiger partial charge in [-0.25, -0.2) is 4.39 Å². The van der Waals surface area contributed by atoms with Crippen LogP contribution in [0.1, 0.15) is 31.5 Å². The highest BCUT2D eigenvalue weighted by atomic mass is 19.1. The molecule has 6 nitrogen and oxygen atoms in total. The predicted molar refractivity (Wildman–Crippen MR) is 66.9 cm³/mol. The molecule has 3 rings (SSSR count). The van der Waals surface area contributed by atoms with Gasteiger partial charge in [0.25, 0.3) is 5.91 Å². The van der Waals surface area contributed by atoms with Crippen LogP contribution in [-0.4, -0.2) is 28.7 Å². The lowest BCUT2D eigenvalue weighted by molar-refractivity contribution is -0.136. The fraction of sp³-hybridized carbons (Fsp3) is 0.308. The molecule has 1 fully saturated rings. The van der Waals surface area contributed by atoms with Gasteiger partial charge in [-0.15, -0.1) is 0 Å². The number of hydrogen-bond donors (Lipinski definition) is 2. The van der Waals surface area contributed by atoms with E-state index in [1.165, 1.54) is 0 Å². The number of hydrogen-bond acceptors (Lipinski definition) is 4. The van der Waals surface area contributed by atoms with Crippen LogP contribution in [0.15, 0.2) is 12.1 Å². The second kappa shape index (κ2) is 4.29. The maximum absolute atomic E-state index is 13.4. The molecule has 1 aromatic carbocycles. The summed E-state index contributed by atoms with van der Waals surface area (Å²) in [6.45, 7) is -2.35. The molecule has 0 aromatic heterocycles. The quantitative estimate of drug-likeness (QED) is 0.566. The van der Waals surface area contributed by atoms with Gasteiger partial charge in [0.15, 0.2) is 0 Å². The van der Waals surface area contributed by atoms with Gasteiger partial charge >= 0.3 is 0 Å². The summed E-state index contributed by atoms with van der Waals surface area (Å²) in [5, 5.41) is 2.07. The first kappa shape index (κ1) is 10.4. The Balaban J connectivity index is 2.08. The normalized spacial score (nSPS) is 25.9. The number of imide groups is 1. The number of rotatable bonds is 1. The van der Waals surface area contributed by atoms with E-state index in [4.69, 9.17) is 8.48 Å². The van der Waals surface area contributed by atoms with Gasteiger partial charge in [0.05, 0.1) is 2.74 Å². The standard InChI is InChI=1S/C13H12FN3O3/c14-6-3-7-8(9(15)4-6)5-17(13(7)20)10-1-2-11(18)16-12(10)19/h3-4,10H,1-2,5,15H2,(H,16,18,19)/t10-/m0/s1/i5D2. The van der Waals surface area contributed by atoms with Crippen molar-refractivity contribution in [2.24, 2.45) is 0 Å². The molecule has 3 N–H and O–H groups in total. The zero-order valence-corrected chi connectivity index (χ0v) is 10.3. The molecule has 3 amide bonds. The summed E-state index contributed by atoms with van der Waals surface area (Å²) in [5.41, 5.74) is 5.10. The number of anilines is 1. The summed E-state index contributed by atoms with van der Waals surface area (Å²) >= 11 is 0. The maximum Gasteiger partial charge on any atom is 0.255 e. The third-order valence-electron chi connectivity index (χ3n) is 3.34. The topological polar surface area (TPSA) is 92.5 Å². The van der Waals surface area contributed by atoms with E-state index in [1.54, 1.807) is 0 Å². The van der Waals surface area contributed by atoms with Gasteiger partial charge in [-0.1, -0.05) is 0 Å². The van der Waals surface area contributed by atoms with Crippen molar-refractivity contribution in [3.8, 4) is 0 Å². The SMILES string of the molecule is [2H]C1([2H])c2c(N)cc(F)cc2C(=O)N1[C@H]1CCC(=O)NC1=O. The van der Waals surface area contributed by atoms with E-state index in [2.05, 4.69) is 5.32 Å². The van der Waals surface area contributed by atoms with E-state index in [0.29, 0.717) is 0 Å². The number of benzene rings is 1. The molecule has 104 valence electrons. The van der Waals surface area contributed by atoms with Crippen LogP contribution in [0.3, 0.4) is 0 Å². The first-order chi connectivity index (χ1) is 10.2. The van der Waals surface area contributed by atoms with Crippen molar-refractivity contribution in [1.82, 2.24) is 10.2 Å². The number of amides is 3. The van der Waals surface area contributed by atoms with Crippen LogP contribution in [0.4, 0.5) is 10.1 Å². The Kier molecular flexibility index (Phi) is 2.22. The summed E-state index contributed by atoms with van der Waals surface area (Å²) in [6, 6.07) is 0.686. The van der Waals surface area contributed by atoms with Gasteiger partial charge in [-0.3, -0.25) is 19.7 Å². The molecule has 2 aliphatic heterocycles. The molecule has 0 radical (unpaired) electrons. The summed E-state index contributed by atoms with van der Waals surface area (Å²) in [6.07, 6.45) is 0.00273. The van der Waals surface area contributed by atoms with Gasteiger partial charge in [-0.2, -0.15) is 0 Å². The molecule has 0 unspecified atom stereocenters. The second-order valence-electron chi connectivity index (χ2n) is 4.67. The molecule has 2 aliphatic rings. The van der Waals surface area contributed by atoms with E-state index >= 15 is 0 Å². The number of fused-ring (bicyclic) bond motifs is 1. The minimum absolute atomic E-state index is 0.00352. The Morgan fingerprint density at radius 3 is 2.85 bits per heavy atom. The highest BCUT2D eigenvalue weighted by Crippen LogP contribution is 2.31. The summed E-state index contributed by atoms with van der Waals surface area (Å²) in [4.78, 5) is 36.3. The van der Waals surface area contributed by atoms with E-state index in [1.807, 2.05) is 0 Å². The average Bonchev–Trinajstić information content (AvgIpc) is 2.58. The van der Waals surface area contributed by atoms with Crippen molar-refractivity contribution in [3.05, 3.63) is 29.1 Å². The van der Waals surface area contributed by atoms with Crippen LogP contribution < -0.4 is 11.1 Å². The summed E-state index contributed by atoms with van der Waals surface area (Å²) in [7, 11) is 0. The van der Waals surface area contributed by atoms with Crippen LogP contribution in [0.25, 0.3) is 0 Å². The monoisotopic (exact) mass is 279 g/mol. The number of nitrogen functional groups attached to an aromatic ring is 1. The Morgan fingerprint density at radius 1 is 1.40 bits per heavy atom. The number of carbonyl (C=O) groups excluding carboxylic acids is 3. The molecule has 1 atom stereocenters. The van der Waals surface area contributed by atoms with Crippen LogP contribution in [0.5, 0.6) is 0 Å². The summed E-state index contributed by atoms with van der Waals surface area (Å²) < 4.78 is 29.7. The molecular formula is C13H12FN3O3. The Bertz CT molecular complexity index is 723. The molecule has 0 bridgehead atoms. The second-order valence-corrected chi connectivity index (χ2v) is 4.67. The summed E-state index contributed by atoms with van der Waals surface area (Å²) in [5.74, 6) is -2.80. The third kappa shape index (κ3) is 1.82. The van der Waals surface area contributed by atoms with Crippen LogP contribution in [0.2, 0.25) is 0 Å². The van der Waals surface area contributed by atoms with E-state index < -0.39 is 36.1 Å². The largest absolute Gasteiger partial charge is 0.398 e. The lowest BCUT2D eigenvalue weighted by atomic mass is 10.0. The maximum atomic E-state index is 13.4. The van der Waals surface area contributed by atoms with Crippen molar-refractivity contribution in [3.63, 3.8) is 0 Å². The van der Waals surface area contributed by atoms with Crippen LogP contribution >= 0.6 is 0 Å². The number of halogens is 1. The highest BCUT2D eigenvalue weighted by molar-refractivity contribution is 6.06. The molecule has 0 aliphatic carbocycles. The molecule has 20 heavy (non-hydrogen) atoms. The third-order valence-corrected chi connectivity index (χ3v) is 3.34. The van der Waals surface area contributed by atoms with Crippen molar-refractivity contribution < 1.29 is 21.5 Å². The minimum Gasteiger partial charge on any atom is -0.398 e. The van der Waals surface area contributed by atoms with Gasteiger partial charge in [0.1, 0.15) is 11.9 Å². The number of nitrogens with zero attached hydrogens (tertiary/aromatic N) is 1. The van der Waals surface area contributed by atoms with Gasteiger partial charge in [0, 0.05) is 29.7 Å². The Morgan fingerprint density at radius 2 is 2.15 bits per heavy atom. The molecule has 0 saturated carbocycles. The molecule has 1 saturated heterocycles. The zero-order valence-electron chi connectivity index (χ0n) is 12.3. The van der Waals surface area contributed by atoms with Gasteiger partial charge in [0.2, 0.25) is 11.8 Å². The molecular weight excluding hydrogens is 265 g/mol. The Hall–Kier alpha value is -2.44. The fourth-order valence-electron chi connectivity index (χ4n) is 2.37. The lowest BCUT2D eigenvalue weighted by Crippen LogP contribution is -2.52. The van der Waals surface area contributed by atoms with Crippen LogP contribution in [-0.2, 0) is 16.1 Å². The number of piperidine rings is 1. The first-order valence-corrected chi connectivity index (χ1v) is 6.00. The first-order valence-electron chi connectivity index (χ1n) is 7.00. The highest BCUT2D eigenvalue weighted by Gasteiger charge is 2.39. The molecule has 2 heterocycles. The van der Waals surface area contributed by atoms with E-state index in [0.717, 1.165) is 17.0 Å². The smallest absolute Gasteiger partial charge is 0.255 e. The molecule has 1 aromatic rings. The van der Waals surface area contributed by atoms with Crippen molar-refractivity contribution in [2.45, 2.75) is 25.4 Å². The predicted octanol–water partition coefficient (Wildman–Crippen LogP) is 0.169. The van der Waals surface area contributed by atoms with E-state index in [-0.39, 0.29) is 29.7 Å². The minimum atomic E-state index is -2.35. The van der Waals surface area contributed by atoms with Gasteiger partial charge < -0.3 is 10.6 Å². The van der Waals surface area contributed by atoms with Crippen molar-refractivity contribution >= 4 is 23.4 Å². The molecule has 7 heteroatoms. The number of nitrogens with one attached hydrogen (secondary N) is 1. The average molecular weight is 279 g/mol. The number of nitrogens with two attached hydrogens (primary N) is 1. The van der Waals surface area contributed by atoms with E-state index in [9.17, 15) is 18.8 Å². The molecule has 0 spiro atoms. The van der Waals surface area contributed by atoms with Crippen molar-refractivity contribution in [2.75, 3.05) is 5.73 Å². The van der Waals surface area contributed by atoms with Crippen molar-refractivity contribution in [1.29, 1.82) is 0 Å². The lowest BCUT2D eigenvalue weighted by Gasteiger charge is -2.29. The Labute approximate surface area is 116 Å². The fourth-order valence-corrected chi connectivity index (χ4v) is 2.37. The number of carbonyl (C=O) groups is 3. The van der Waals surface area contributed by atoms with Gasteiger partial charge in [-0.05, 0) is 18.6 Å².